The molecule has 1 radical (unpaired) electrons. The third kappa shape index (κ3) is 1.46. The minimum atomic E-state index is 0.672. The first kappa shape index (κ1) is 8.40. The fourth-order valence-electron chi connectivity index (χ4n) is 1.57. The van der Waals surface area contributed by atoms with Gasteiger partial charge in [-0.05, 0) is 48.9 Å². The van der Waals surface area contributed by atoms with Crippen LogP contribution in [-0.2, 0) is 12.8 Å². The largest absolute Gasteiger partial charge is 0.0827 e. The molecule has 0 unspecified atom stereocenters. The Morgan fingerprint density at radius 3 is 2.42 bits per heavy atom. The number of rotatable bonds is 0. The Bertz CT molecular complexity index is 274. The standard InChI is InChI=1S/C10H9Cl2/c11-9-5-7-3-1-2-4-8(7)6-10(9)12/h1,5-6H,2-4H2. The summed E-state index contributed by atoms with van der Waals surface area (Å²) in [6, 6.07) is 3.97. The Balaban J connectivity index is 2.49. The van der Waals surface area contributed by atoms with Gasteiger partial charge >= 0.3 is 0 Å². The molecular formula is C10H9Cl2. The van der Waals surface area contributed by atoms with Crippen molar-refractivity contribution < 1.29 is 0 Å². The van der Waals surface area contributed by atoms with Crippen LogP contribution in [0, 0.1) is 6.42 Å². The van der Waals surface area contributed by atoms with E-state index in [4.69, 9.17) is 23.2 Å². The fourth-order valence-corrected chi connectivity index (χ4v) is 1.94. The molecule has 12 heavy (non-hydrogen) atoms. The smallest absolute Gasteiger partial charge is 0.0595 e. The first-order valence-electron chi connectivity index (χ1n) is 4.06. The fraction of sp³-hybridized carbons (Fsp3) is 0.300. The molecule has 1 aromatic carbocycles. The van der Waals surface area contributed by atoms with Crippen LogP contribution in [-0.4, -0.2) is 0 Å². The predicted molar refractivity (Wildman–Crippen MR) is 52.8 cm³/mol. The number of hydrogen-bond acceptors (Lipinski definition) is 0. The van der Waals surface area contributed by atoms with E-state index < -0.39 is 0 Å². The molecule has 1 aliphatic carbocycles. The zero-order chi connectivity index (χ0) is 8.55. The molecule has 0 aliphatic heterocycles. The number of hydrogen-bond donors (Lipinski definition) is 0. The summed E-state index contributed by atoms with van der Waals surface area (Å²) in [6.45, 7) is 0. The average molecular weight is 200 g/mol. The zero-order valence-corrected chi connectivity index (χ0v) is 8.12. The third-order valence-electron chi connectivity index (χ3n) is 2.22. The molecule has 0 amide bonds. The van der Waals surface area contributed by atoms with E-state index in [2.05, 4.69) is 6.42 Å². The second-order valence-corrected chi connectivity index (χ2v) is 3.88. The second-order valence-electron chi connectivity index (χ2n) is 3.07. The van der Waals surface area contributed by atoms with E-state index >= 15 is 0 Å². The van der Waals surface area contributed by atoms with Gasteiger partial charge in [-0.3, -0.25) is 0 Å². The molecule has 0 saturated heterocycles. The molecule has 0 bridgehead atoms. The molecule has 0 N–H and O–H groups in total. The van der Waals surface area contributed by atoms with Crippen LogP contribution in [0.25, 0.3) is 0 Å². The van der Waals surface area contributed by atoms with Gasteiger partial charge < -0.3 is 0 Å². The Hall–Kier alpha value is -0.200. The van der Waals surface area contributed by atoms with Gasteiger partial charge in [-0.2, -0.15) is 0 Å². The summed E-state index contributed by atoms with van der Waals surface area (Å²) in [6.07, 6.45) is 5.58. The molecular weight excluding hydrogens is 191 g/mol. The lowest BCUT2D eigenvalue weighted by Crippen LogP contribution is -2.02. The summed E-state index contributed by atoms with van der Waals surface area (Å²) < 4.78 is 0. The van der Waals surface area contributed by atoms with Crippen molar-refractivity contribution in [2.45, 2.75) is 19.3 Å². The molecule has 2 rings (SSSR count). The minimum Gasteiger partial charge on any atom is -0.0827 e. The molecule has 0 fully saturated rings. The van der Waals surface area contributed by atoms with Gasteiger partial charge in [0, 0.05) is 0 Å². The number of halogens is 2. The van der Waals surface area contributed by atoms with Gasteiger partial charge in [0.25, 0.3) is 0 Å². The van der Waals surface area contributed by atoms with E-state index in [0.29, 0.717) is 10.0 Å². The molecule has 0 saturated carbocycles. The van der Waals surface area contributed by atoms with E-state index in [0.717, 1.165) is 19.3 Å². The van der Waals surface area contributed by atoms with Crippen LogP contribution in [0.5, 0.6) is 0 Å². The van der Waals surface area contributed by atoms with Crippen molar-refractivity contribution in [3.8, 4) is 0 Å². The van der Waals surface area contributed by atoms with Gasteiger partial charge in [0.2, 0.25) is 0 Å². The first-order valence-corrected chi connectivity index (χ1v) is 4.81. The quantitative estimate of drug-likeness (QED) is 0.599. The Kier molecular flexibility index (Phi) is 2.29. The summed E-state index contributed by atoms with van der Waals surface area (Å²) >= 11 is 11.8. The molecule has 1 aliphatic rings. The van der Waals surface area contributed by atoms with Crippen molar-refractivity contribution in [2.75, 3.05) is 0 Å². The minimum absolute atomic E-state index is 0.672. The van der Waals surface area contributed by atoms with Crippen molar-refractivity contribution in [1.82, 2.24) is 0 Å². The van der Waals surface area contributed by atoms with E-state index in [1.807, 2.05) is 12.1 Å². The maximum Gasteiger partial charge on any atom is 0.0595 e. The van der Waals surface area contributed by atoms with Gasteiger partial charge in [-0.25, -0.2) is 0 Å². The lowest BCUT2D eigenvalue weighted by molar-refractivity contribution is 0.829. The normalized spacial score (nSPS) is 15.8. The molecule has 0 heterocycles. The highest BCUT2D eigenvalue weighted by Crippen LogP contribution is 2.29. The second kappa shape index (κ2) is 3.27. The molecule has 2 heteroatoms. The van der Waals surface area contributed by atoms with Crippen LogP contribution in [0.4, 0.5) is 0 Å². The van der Waals surface area contributed by atoms with E-state index in [9.17, 15) is 0 Å². The van der Waals surface area contributed by atoms with Crippen LogP contribution >= 0.6 is 23.2 Å². The number of fused-ring (bicyclic) bond motifs is 1. The zero-order valence-electron chi connectivity index (χ0n) is 6.61. The molecule has 0 aromatic heterocycles. The number of benzene rings is 1. The maximum absolute atomic E-state index is 5.90. The monoisotopic (exact) mass is 199 g/mol. The van der Waals surface area contributed by atoms with Gasteiger partial charge in [0.05, 0.1) is 10.0 Å². The molecule has 0 nitrogen and oxygen atoms in total. The van der Waals surface area contributed by atoms with E-state index in [-0.39, 0.29) is 0 Å². The highest BCUT2D eigenvalue weighted by atomic mass is 35.5. The first-order chi connectivity index (χ1) is 5.77. The third-order valence-corrected chi connectivity index (χ3v) is 2.95. The van der Waals surface area contributed by atoms with Gasteiger partial charge in [0.15, 0.2) is 0 Å². The van der Waals surface area contributed by atoms with Gasteiger partial charge in [-0.15, -0.1) is 0 Å². The summed E-state index contributed by atoms with van der Waals surface area (Å²) in [4.78, 5) is 0. The maximum atomic E-state index is 5.90. The molecule has 0 atom stereocenters. The topological polar surface area (TPSA) is 0 Å². The summed E-state index contributed by atoms with van der Waals surface area (Å²) in [5.74, 6) is 0. The van der Waals surface area contributed by atoms with Crippen molar-refractivity contribution >= 4 is 23.2 Å². The Morgan fingerprint density at radius 1 is 1.00 bits per heavy atom. The van der Waals surface area contributed by atoms with Crippen LogP contribution in [0.2, 0.25) is 10.0 Å². The summed E-state index contributed by atoms with van der Waals surface area (Å²) in [7, 11) is 0. The van der Waals surface area contributed by atoms with Crippen LogP contribution in [0.3, 0.4) is 0 Å². The van der Waals surface area contributed by atoms with Crippen molar-refractivity contribution in [2.24, 2.45) is 0 Å². The lowest BCUT2D eigenvalue weighted by atomic mass is 9.92. The van der Waals surface area contributed by atoms with E-state index in [1.54, 1.807) is 0 Å². The van der Waals surface area contributed by atoms with Crippen LogP contribution in [0.1, 0.15) is 17.5 Å². The molecule has 63 valence electrons. The van der Waals surface area contributed by atoms with Crippen LogP contribution in [0.15, 0.2) is 12.1 Å². The predicted octanol–water partition coefficient (Wildman–Crippen LogP) is 3.69. The average Bonchev–Trinajstić information content (AvgIpc) is 2.07. The summed E-state index contributed by atoms with van der Waals surface area (Å²) in [5.41, 5.74) is 2.68. The number of aryl methyl sites for hydroxylation is 1. The highest BCUT2D eigenvalue weighted by molar-refractivity contribution is 6.42. The van der Waals surface area contributed by atoms with Crippen molar-refractivity contribution in [1.29, 1.82) is 0 Å². The molecule has 0 spiro atoms. The Labute approximate surface area is 82.5 Å². The highest BCUT2D eigenvalue weighted by Gasteiger charge is 2.11. The van der Waals surface area contributed by atoms with Crippen molar-refractivity contribution in [3.05, 3.63) is 39.7 Å². The lowest BCUT2D eigenvalue weighted by Gasteiger charge is -2.15. The molecule has 1 aromatic rings. The Morgan fingerprint density at radius 2 is 1.67 bits per heavy atom. The van der Waals surface area contributed by atoms with Crippen LogP contribution < -0.4 is 0 Å². The van der Waals surface area contributed by atoms with Gasteiger partial charge in [0.1, 0.15) is 0 Å². The SMILES string of the molecule is Clc1cc2c(cc1Cl)CC[CH]C2. The van der Waals surface area contributed by atoms with Crippen molar-refractivity contribution in [3.63, 3.8) is 0 Å². The van der Waals surface area contributed by atoms with Gasteiger partial charge in [-0.1, -0.05) is 23.2 Å². The van der Waals surface area contributed by atoms with E-state index in [1.165, 1.54) is 11.1 Å². The summed E-state index contributed by atoms with van der Waals surface area (Å²) in [5, 5.41) is 1.35.